The minimum atomic E-state index is -4.45. The van der Waals surface area contributed by atoms with Gasteiger partial charge in [0.25, 0.3) is 0 Å². The third kappa shape index (κ3) is 3.10. The van der Waals surface area contributed by atoms with Crippen LogP contribution in [0, 0.1) is 0 Å². The molecule has 0 aliphatic carbocycles. The van der Waals surface area contributed by atoms with Crippen LogP contribution in [0.25, 0.3) is 22.2 Å². The average molecular weight is 328 g/mol. The van der Waals surface area contributed by atoms with Gasteiger partial charge >= 0.3 is 12.8 Å². The molecule has 0 atom stereocenters. The first-order valence-electron chi connectivity index (χ1n) is 6.44. The molecule has 0 unspecified atom stereocenters. The van der Waals surface area contributed by atoms with Gasteiger partial charge in [-0.15, -0.1) is 0 Å². The van der Waals surface area contributed by atoms with Gasteiger partial charge in [0.1, 0.15) is 0 Å². The summed E-state index contributed by atoms with van der Waals surface area (Å²) < 4.78 is 67.4. The summed E-state index contributed by atoms with van der Waals surface area (Å²) in [6, 6.07) is 6.11. The highest BCUT2D eigenvalue weighted by Gasteiger charge is 2.30. The van der Waals surface area contributed by atoms with Crippen molar-refractivity contribution in [3.63, 3.8) is 0 Å². The minimum Gasteiger partial charge on any atom is -0.432 e. The number of alkyl halides is 5. The standard InChI is InChI=1S/C15H9F5N2O/c16-14(17)23-13-7-21-4-3-10(13)12-6-8-5-9(15(18,19)20)1-2-11(8)22-12/h1-7,14,22H. The van der Waals surface area contributed by atoms with Crippen LogP contribution in [0.4, 0.5) is 22.0 Å². The van der Waals surface area contributed by atoms with Crippen molar-refractivity contribution in [2.75, 3.05) is 0 Å². The topological polar surface area (TPSA) is 37.9 Å². The average Bonchev–Trinajstić information content (AvgIpc) is 2.89. The maximum atomic E-state index is 12.7. The quantitative estimate of drug-likeness (QED) is 0.698. The third-order valence-electron chi connectivity index (χ3n) is 3.24. The zero-order chi connectivity index (χ0) is 16.6. The van der Waals surface area contributed by atoms with Gasteiger partial charge in [0.2, 0.25) is 0 Å². The molecule has 8 heteroatoms. The second-order valence-corrected chi connectivity index (χ2v) is 4.73. The van der Waals surface area contributed by atoms with Crippen molar-refractivity contribution in [3.8, 4) is 17.0 Å². The molecule has 0 amide bonds. The smallest absolute Gasteiger partial charge is 0.416 e. The molecule has 120 valence electrons. The monoisotopic (exact) mass is 328 g/mol. The number of hydrogen-bond donors (Lipinski definition) is 1. The van der Waals surface area contributed by atoms with Crippen molar-refractivity contribution in [1.29, 1.82) is 0 Å². The summed E-state index contributed by atoms with van der Waals surface area (Å²) in [6.45, 7) is -3.03. The molecule has 0 aliphatic rings. The SMILES string of the molecule is FC(F)Oc1cnccc1-c1cc2cc(C(F)(F)F)ccc2[nH]1. The Balaban J connectivity index is 2.08. The number of H-pyrrole nitrogens is 1. The molecule has 0 saturated carbocycles. The number of nitrogens with zero attached hydrogens (tertiary/aromatic N) is 1. The summed E-state index contributed by atoms with van der Waals surface area (Å²) in [4.78, 5) is 6.59. The number of aromatic amines is 1. The number of fused-ring (bicyclic) bond motifs is 1. The summed E-state index contributed by atoms with van der Waals surface area (Å²) in [7, 11) is 0. The van der Waals surface area contributed by atoms with Crippen LogP contribution < -0.4 is 4.74 Å². The molecule has 23 heavy (non-hydrogen) atoms. The molecule has 3 aromatic rings. The molecule has 0 radical (unpaired) electrons. The lowest BCUT2D eigenvalue weighted by Crippen LogP contribution is -2.03. The largest absolute Gasteiger partial charge is 0.432 e. The molecule has 2 aromatic heterocycles. The van der Waals surface area contributed by atoms with E-state index in [2.05, 4.69) is 14.7 Å². The van der Waals surface area contributed by atoms with Gasteiger partial charge in [-0.3, -0.25) is 4.98 Å². The normalized spacial score (nSPS) is 12.1. The molecule has 1 N–H and O–H groups in total. The van der Waals surface area contributed by atoms with Gasteiger partial charge in [0.15, 0.2) is 5.75 Å². The first-order valence-corrected chi connectivity index (χ1v) is 6.44. The number of ether oxygens (including phenoxy) is 1. The zero-order valence-electron chi connectivity index (χ0n) is 11.4. The Morgan fingerprint density at radius 1 is 1.09 bits per heavy atom. The molecule has 3 rings (SSSR count). The molecular weight excluding hydrogens is 319 g/mol. The lowest BCUT2D eigenvalue weighted by Gasteiger charge is -2.08. The van der Waals surface area contributed by atoms with Crippen LogP contribution in [0.5, 0.6) is 5.75 Å². The summed E-state index contributed by atoms with van der Waals surface area (Å²) in [5, 5.41) is 0.314. The Bertz CT molecular complexity index is 841. The van der Waals surface area contributed by atoms with Gasteiger partial charge in [-0.1, -0.05) is 0 Å². The van der Waals surface area contributed by atoms with Crippen molar-refractivity contribution >= 4 is 10.9 Å². The van der Waals surface area contributed by atoms with Crippen LogP contribution in [0.15, 0.2) is 42.7 Å². The Morgan fingerprint density at radius 2 is 1.87 bits per heavy atom. The van der Waals surface area contributed by atoms with Gasteiger partial charge in [0, 0.05) is 22.7 Å². The summed E-state index contributed by atoms with van der Waals surface area (Å²) in [6.07, 6.45) is -1.96. The second kappa shape index (κ2) is 5.53. The second-order valence-electron chi connectivity index (χ2n) is 4.73. The zero-order valence-corrected chi connectivity index (χ0v) is 11.4. The maximum Gasteiger partial charge on any atom is 0.416 e. The van der Waals surface area contributed by atoms with Crippen LogP contribution in [0.1, 0.15) is 5.56 Å². The molecule has 2 heterocycles. The van der Waals surface area contributed by atoms with Crippen molar-refractivity contribution in [2.45, 2.75) is 12.8 Å². The van der Waals surface area contributed by atoms with Crippen LogP contribution in [-0.4, -0.2) is 16.6 Å². The Morgan fingerprint density at radius 3 is 2.57 bits per heavy atom. The predicted octanol–water partition coefficient (Wildman–Crippen LogP) is 4.85. The van der Waals surface area contributed by atoms with E-state index < -0.39 is 18.4 Å². The lowest BCUT2D eigenvalue weighted by molar-refractivity contribution is -0.137. The highest BCUT2D eigenvalue weighted by atomic mass is 19.4. The van der Waals surface area contributed by atoms with Gasteiger partial charge in [-0.05, 0) is 30.3 Å². The number of hydrogen-bond acceptors (Lipinski definition) is 2. The van der Waals surface area contributed by atoms with E-state index in [1.54, 1.807) is 0 Å². The molecule has 0 fully saturated rings. The number of halogens is 5. The van der Waals surface area contributed by atoms with Gasteiger partial charge in [-0.25, -0.2) is 0 Å². The number of aromatic nitrogens is 2. The van der Waals surface area contributed by atoms with Crippen LogP contribution in [-0.2, 0) is 6.18 Å². The molecule has 1 aromatic carbocycles. The van der Waals surface area contributed by atoms with Crippen LogP contribution in [0.2, 0.25) is 0 Å². The van der Waals surface area contributed by atoms with E-state index in [0.717, 1.165) is 18.3 Å². The fraction of sp³-hybridized carbons (Fsp3) is 0.133. The number of pyridine rings is 1. The number of benzene rings is 1. The third-order valence-corrected chi connectivity index (χ3v) is 3.24. The van der Waals surface area contributed by atoms with E-state index in [9.17, 15) is 22.0 Å². The lowest BCUT2D eigenvalue weighted by atomic mass is 10.1. The van der Waals surface area contributed by atoms with Gasteiger partial charge in [-0.2, -0.15) is 22.0 Å². The molecule has 0 bridgehead atoms. The summed E-state index contributed by atoms with van der Waals surface area (Å²) in [5.74, 6) is -0.162. The molecule has 0 saturated heterocycles. The fourth-order valence-corrected chi connectivity index (χ4v) is 2.25. The van der Waals surface area contributed by atoms with E-state index in [0.29, 0.717) is 16.6 Å². The summed E-state index contributed by atoms with van der Waals surface area (Å²) >= 11 is 0. The van der Waals surface area contributed by atoms with Gasteiger partial charge < -0.3 is 9.72 Å². The summed E-state index contributed by atoms with van der Waals surface area (Å²) in [5.41, 5.74) is 0.310. The molecule has 0 spiro atoms. The number of rotatable bonds is 3. The maximum absolute atomic E-state index is 12.7. The van der Waals surface area contributed by atoms with E-state index in [-0.39, 0.29) is 11.3 Å². The van der Waals surface area contributed by atoms with Crippen molar-refractivity contribution in [2.24, 2.45) is 0 Å². The minimum absolute atomic E-state index is 0.162. The Labute approximate surface area is 126 Å². The van der Waals surface area contributed by atoms with E-state index in [1.165, 1.54) is 24.4 Å². The molecular formula is C15H9F5N2O. The molecule has 0 aliphatic heterocycles. The fourth-order valence-electron chi connectivity index (χ4n) is 2.25. The number of nitrogens with one attached hydrogen (secondary N) is 1. The van der Waals surface area contributed by atoms with E-state index >= 15 is 0 Å². The highest BCUT2D eigenvalue weighted by molar-refractivity contribution is 5.87. The van der Waals surface area contributed by atoms with E-state index in [4.69, 9.17) is 0 Å². The Hall–Kier alpha value is -2.64. The van der Waals surface area contributed by atoms with Crippen molar-refractivity contribution < 1.29 is 26.7 Å². The van der Waals surface area contributed by atoms with Crippen molar-refractivity contribution in [1.82, 2.24) is 9.97 Å². The van der Waals surface area contributed by atoms with Crippen molar-refractivity contribution in [3.05, 3.63) is 48.3 Å². The van der Waals surface area contributed by atoms with Gasteiger partial charge in [0.05, 0.1) is 17.5 Å². The first-order chi connectivity index (χ1) is 10.8. The van der Waals surface area contributed by atoms with E-state index in [1.807, 2.05) is 0 Å². The first kappa shape index (κ1) is 15.3. The Kier molecular flexibility index (Phi) is 3.67. The predicted molar refractivity (Wildman–Crippen MR) is 73.2 cm³/mol. The highest BCUT2D eigenvalue weighted by Crippen LogP contribution is 2.35. The van der Waals surface area contributed by atoms with Crippen LogP contribution in [0.3, 0.4) is 0 Å². The molecule has 3 nitrogen and oxygen atoms in total. The van der Waals surface area contributed by atoms with Crippen LogP contribution >= 0.6 is 0 Å².